The lowest BCUT2D eigenvalue weighted by Gasteiger charge is -2.42. The SMILES string of the molecule is CC.CCCN1C(c2ncccc2C)CCCC1c1ncccc1C. The average molecular weight is 340 g/mol. The monoisotopic (exact) mass is 339 g/mol. The predicted molar refractivity (Wildman–Crippen MR) is 106 cm³/mol. The molecule has 2 atom stereocenters. The van der Waals surface area contributed by atoms with E-state index in [4.69, 9.17) is 9.97 Å². The van der Waals surface area contributed by atoms with Crippen molar-refractivity contribution >= 4 is 0 Å². The molecule has 3 heteroatoms. The molecule has 0 spiro atoms. The van der Waals surface area contributed by atoms with Gasteiger partial charge in [-0.1, -0.05) is 32.9 Å². The van der Waals surface area contributed by atoms with Crippen molar-refractivity contribution in [2.24, 2.45) is 0 Å². The molecule has 2 aromatic rings. The Morgan fingerprint density at radius 1 is 0.920 bits per heavy atom. The first-order valence-corrected chi connectivity index (χ1v) is 9.81. The Labute approximate surface area is 153 Å². The van der Waals surface area contributed by atoms with Gasteiger partial charge in [-0.2, -0.15) is 0 Å². The van der Waals surface area contributed by atoms with Crippen molar-refractivity contribution in [1.82, 2.24) is 14.9 Å². The molecule has 0 saturated carbocycles. The first-order chi connectivity index (χ1) is 12.2. The molecular weight excluding hydrogens is 306 g/mol. The van der Waals surface area contributed by atoms with Gasteiger partial charge in [0.15, 0.2) is 0 Å². The summed E-state index contributed by atoms with van der Waals surface area (Å²) in [6.45, 7) is 11.7. The minimum absolute atomic E-state index is 0.413. The number of rotatable bonds is 4. The van der Waals surface area contributed by atoms with Crippen LogP contribution in [0.25, 0.3) is 0 Å². The molecule has 136 valence electrons. The van der Waals surface area contributed by atoms with E-state index in [-0.39, 0.29) is 0 Å². The van der Waals surface area contributed by atoms with Crippen LogP contribution < -0.4 is 0 Å². The summed E-state index contributed by atoms with van der Waals surface area (Å²) in [5.41, 5.74) is 5.10. The van der Waals surface area contributed by atoms with Gasteiger partial charge in [-0.05, 0) is 69.3 Å². The standard InChI is InChI=1S/C20H27N3.C2H6/c1-4-14-23-17(19-15(2)8-6-12-21-19)10-5-11-18(23)20-16(3)9-7-13-22-20;1-2/h6-9,12-13,17-18H,4-5,10-11,14H2,1-3H3;1-2H3. The zero-order chi connectivity index (χ0) is 18.2. The van der Waals surface area contributed by atoms with Crippen molar-refractivity contribution in [3.05, 3.63) is 59.2 Å². The minimum atomic E-state index is 0.413. The second-order valence-corrected chi connectivity index (χ2v) is 6.61. The first-order valence-electron chi connectivity index (χ1n) is 9.81. The Morgan fingerprint density at radius 3 is 1.80 bits per heavy atom. The average Bonchev–Trinajstić information content (AvgIpc) is 2.65. The molecule has 0 bridgehead atoms. The first kappa shape index (κ1) is 19.6. The summed E-state index contributed by atoms with van der Waals surface area (Å²) < 4.78 is 0. The second-order valence-electron chi connectivity index (χ2n) is 6.61. The van der Waals surface area contributed by atoms with E-state index < -0.39 is 0 Å². The van der Waals surface area contributed by atoms with Crippen LogP contribution >= 0.6 is 0 Å². The Kier molecular flexibility index (Phi) is 7.57. The smallest absolute Gasteiger partial charge is 0.0604 e. The summed E-state index contributed by atoms with van der Waals surface area (Å²) in [6, 6.07) is 9.26. The number of nitrogens with zero attached hydrogens (tertiary/aromatic N) is 3. The van der Waals surface area contributed by atoms with Gasteiger partial charge in [-0.15, -0.1) is 0 Å². The fourth-order valence-electron chi connectivity index (χ4n) is 3.90. The molecule has 1 saturated heterocycles. The molecule has 0 N–H and O–H groups in total. The Bertz CT molecular complexity index is 600. The van der Waals surface area contributed by atoms with Crippen LogP contribution in [0.5, 0.6) is 0 Å². The van der Waals surface area contributed by atoms with Gasteiger partial charge < -0.3 is 0 Å². The van der Waals surface area contributed by atoms with Crippen LogP contribution in [0.1, 0.15) is 81.1 Å². The van der Waals surface area contributed by atoms with Gasteiger partial charge in [-0.3, -0.25) is 14.9 Å². The Hall–Kier alpha value is -1.74. The summed E-state index contributed by atoms with van der Waals surface area (Å²) in [6.07, 6.45) is 8.65. The van der Waals surface area contributed by atoms with Crippen LogP contribution in [-0.4, -0.2) is 21.4 Å². The van der Waals surface area contributed by atoms with Gasteiger partial charge >= 0.3 is 0 Å². The molecule has 0 aromatic carbocycles. The molecule has 2 unspecified atom stereocenters. The third kappa shape index (κ3) is 4.46. The van der Waals surface area contributed by atoms with E-state index in [9.17, 15) is 0 Å². The third-order valence-corrected chi connectivity index (χ3v) is 4.97. The van der Waals surface area contributed by atoms with Crippen molar-refractivity contribution in [3.8, 4) is 0 Å². The van der Waals surface area contributed by atoms with Gasteiger partial charge in [0, 0.05) is 12.4 Å². The fourth-order valence-corrected chi connectivity index (χ4v) is 3.90. The van der Waals surface area contributed by atoms with Crippen molar-refractivity contribution < 1.29 is 0 Å². The molecule has 1 fully saturated rings. The van der Waals surface area contributed by atoms with E-state index in [1.807, 2.05) is 38.4 Å². The lowest BCUT2D eigenvalue weighted by atomic mass is 9.88. The number of likely N-dealkylation sites (tertiary alicyclic amines) is 1. The highest BCUT2D eigenvalue weighted by atomic mass is 15.2. The molecule has 1 aliphatic rings. The third-order valence-electron chi connectivity index (χ3n) is 4.97. The fraction of sp³-hybridized carbons (Fsp3) is 0.545. The summed E-state index contributed by atoms with van der Waals surface area (Å²) >= 11 is 0. The molecule has 0 radical (unpaired) electrons. The predicted octanol–water partition coefficient (Wildman–Crippen LogP) is 5.80. The number of hydrogen-bond donors (Lipinski definition) is 0. The molecule has 3 rings (SSSR count). The molecule has 3 heterocycles. The van der Waals surface area contributed by atoms with Gasteiger partial charge in [0.25, 0.3) is 0 Å². The van der Waals surface area contributed by atoms with E-state index in [1.54, 1.807) is 0 Å². The zero-order valence-corrected chi connectivity index (χ0v) is 16.5. The normalized spacial score (nSPS) is 20.7. The summed E-state index contributed by atoms with van der Waals surface area (Å²) in [7, 11) is 0. The van der Waals surface area contributed by atoms with Crippen LogP contribution in [0, 0.1) is 13.8 Å². The molecule has 1 aliphatic heterocycles. The maximum Gasteiger partial charge on any atom is 0.0604 e. The molecule has 2 aromatic heterocycles. The quantitative estimate of drug-likeness (QED) is 0.705. The molecular formula is C22H33N3. The highest BCUT2D eigenvalue weighted by Crippen LogP contribution is 2.41. The Morgan fingerprint density at radius 2 is 1.40 bits per heavy atom. The summed E-state index contributed by atoms with van der Waals surface area (Å²) in [5, 5.41) is 0. The van der Waals surface area contributed by atoms with Crippen LogP contribution in [0.3, 0.4) is 0 Å². The van der Waals surface area contributed by atoms with Crippen LogP contribution in [0.4, 0.5) is 0 Å². The highest BCUT2D eigenvalue weighted by Gasteiger charge is 2.34. The van der Waals surface area contributed by atoms with Crippen LogP contribution in [0.2, 0.25) is 0 Å². The van der Waals surface area contributed by atoms with E-state index in [0.717, 1.165) is 13.0 Å². The van der Waals surface area contributed by atoms with Gasteiger partial charge in [-0.25, -0.2) is 0 Å². The molecule has 25 heavy (non-hydrogen) atoms. The number of pyridine rings is 2. The topological polar surface area (TPSA) is 29.0 Å². The van der Waals surface area contributed by atoms with E-state index in [2.05, 4.69) is 37.8 Å². The lowest BCUT2D eigenvalue weighted by Crippen LogP contribution is -2.38. The van der Waals surface area contributed by atoms with E-state index >= 15 is 0 Å². The zero-order valence-electron chi connectivity index (χ0n) is 16.5. The summed E-state index contributed by atoms with van der Waals surface area (Å²) in [5.74, 6) is 0. The van der Waals surface area contributed by atoms with Gasteiger partial charge in [0.05, 0.1) is 23.5 Å². The maximum atomic E-state index is 4.72. The van der Waals surface area contributed by atoms with Gasteiger partial charge in [0.2, 0.25) is 0 Å². The maximum absolute atomic E-state index is 4.72. The summed E-state index contributed by atoms with van der Waals surface area (Å²) in [4.78, 5) is 12.1. The minimum Gasteiger partial charge on any atom is -0.286 e. The Balaban J connectivity index is 0.00000109. The number of piperidine rings is 1. The van der Waals surface area contributed by atoms with E-state index in [0.29, 0.717) is 12.1 Å². The van der Waals surface area contributed by atoms with Crippen molar-refractivity contribution in [2.75, 3.05) is 6.54 Å². The number of hydrogen-bond acceptors (Lipinski definition) is 3. The molecule has 0 aliphatic carbocycles. The lowest BCUT2D eigenvalue weighted by molar-refractivity contribution is 0.0763. The largest absolute Gasteiger partial charge is 0.286 e. The van der Waals surface area contributed by atoms with Crippen molar-refractivity contribution in [2.45, 2.75) is 72.4 Å². The van der Waals surface area contributed by atoms with Crippen molar-refractivity contribution in [3.63, 3.8) is 0 Å². The van der Waals surface area contributed by atoms with E-state index in [1.165, 1.54) is 41.8 Å². The number of aryl methyl sites for hydroxylation is 2. The second kappa shape index (κ2) is 9.67. The van der Waals surface area contributed by atoms with Crippen LogP contribution in [-0.2, 0) is 0 Å². The molecule has 0 amide bonds. The van der Waals surface area contributed by atoms with Gasteiger partial charge in [0.1, 0.15) is 0 Å². The molecule has 3 nitrogen and oxygen atoms in total. The van der Waals surface area contributed by atoms with Crippen molar-refractivity contribution in [1.29, 1.82) is 0 Å². The number of aromatic nitrogens is 2. The highest BCUT2D eigenvalue weighted by molar-refractivity contribution is 5.25. The van der Waals surface area contributed by atoms with Crippen LogP contribution in [0.15, 0.2) is 36.7 Å².